The van der Waals surface area contributed by atoms with Crippen LogP contribution >= 0.6 is 15.9 Å². The van der Waals surface area contributed by atoms with Gasteiger partial charge in [-0.15, -0.1) is 0 Å². The summed E-state index contributed by atoms with van der Waals surface area (Å²) in [6.07, 6.45) is 0.935. The number of carboxylic acid groups (broad SMARTS) is 1. The van der Waals surface area contributed by atoms with Crippen molar-refractivity contribution in [2.24, 2.45) is 0 Å². The first kappa shape index (κ1) is 12.6. The van der Waals surface area contributed by atoms with E-state index in [1.165, 1.54) is 0 Å². The van der Waals surface area contributed by atoms with E-state index in [2.05, 4.69) is 15.9 Å². The fourth-order valence-electron chi connectivity index (χ4n) is 0.325. The molecule has 0 fully saturated rings. The van der Waals surface area contributed by atoms with Gasteiger partial charge in [-0.2, -0.15) is 0 Å². The minimum atomic E-state index is -0.992. The molecule has 0 aliphatic heterocycles. The molecule has 2 nitrogen and oxygen atoms in total. The van der Waals surface area contributed by atoms with Gasteiger partial charge in [0.1, 0.15) is 0 Å². The maximum absolute atomic E-state index is 9.83. The minimum Gasteiger partial charge on any atom is -0.550 e. The van der Waals surface area contributed by atoms with Crippen LogP contribution in [0.5, 0.6) is 0 Å². The molecule has 0 saturated heterocycles. The van der Waals surface area contributed by atoms with Crippen LogP contribution in [0.25, 0.3) is 0 Å². The van der Waals surface area contributed by atoms with E-state index in [4.69, 9.17) is 0 Å². The Labute approximate surface area is 85.4 Å². The molecule has 0 radical (unpaired) electrons. The number of carbonyl (C=O) groups is 1. The third kappa shape index (κ3) is 8.95. The minimum absolute atomic E-state index is 0. The SMILES string of the molecule is CC[C@H](Br)CC(=O)[O-].[Na+]. The second-order valence-corrected chi connectivity index (χ2v) is 2.88. The standard InChI is InChI=1S/C5H9BrO2.Na/c1-2-4(6)3-5(7)8;/h4H,2-3H2,1H3,(H,7,8);/q;+1/p-1/t4-;/m0./s1. The molecule has 0 aliphatic carbocycles. The summed E-state index contributed by atoms with van der Waals surface area (Å²) in [5, 5.41) is 9.83. The van der Waals surface area contributed by atoms with E-state index in [0.717, 1.165) is 6.42 Å². The van der Waals surface area contributed by atoms with Gasteiger partial charge < -0.3 is 9.90 Å². The van der Waals surface area contributed by atoms with Crippen molar-refractivity contribution in [1.29, 1.82) is 0 Å². The Kier molecular flexibility index (Phi) is 9.89. The van der Waals surface area contributed by atoms with Crippen molar-refractivity contribution in [2.75, 3.05) is 0 Å². The maximum Gasteiger partial charge on any atom is 1.00 e. The van der Waals surface area contributed by atoms with Gasteiger partial charge in [-0.25, -0.2) is 0 Å². The molecule has 0 aromatic carbocycles. The molecule has 0 rings (SSSR count). The van der Waals surface area contributed by atoms with Crippen LogP contribution in [0.3, 0.4) is 0 Å². The zero-order valence-electron chi connectivity index (χ0n) is 5.69. The molecule has 0 unspecified atom stereocenters. The van der Waals surface area contributed by atoms with E-state index in [1.807, 2.05) is 6.92 Å². The molecular formula is C5H8BrNaO2. The average molecular weight is 203 g/mol. The summed E-state index contributed by atoms with van der Waals surface area (Å²) < 4.78 is 0. The Morgan fingerprint density at radius 3 is 2.33 bits per heavy atom. The largest absolute Gasteiger partial charge is 1.00 e. The predicted molar refractivity (Wildman–Crippen MR) is 32.6 cm³/mol. The summed E-state index contributed by atoms with van der Waals surface area (Å²) in [6.45, 7) is 1.92. The van der Waals surface area contributed by atoms with Crippen LogP contribution in [-0.4, -0.2) is 10.8 Å². The average Bonchev–Trinajstić information content (AvgIpc) is 1.65. The van der Waals surface area contributed by atoms with E-state index in [1.54, 1.807) is 0 Å². The Bertz CT molecular complexity index is 87.0. The second-order valence-electron chi connectivity index (χ2n) is 1.58. The van der Waals surface area contributed by atoms with Crippen molar-refractivity contribution in [3.63, 3.8) is 0 Å². The summed E-state index contributed by atoms with van der Waals surface area (Å²) in [7, 11) is 0. The Morgan fingerprint density at radius 1 is 1.78 bits per heavy atom. The Morgan fingerprint density at radius 2 is 2.22 bits per heavy atom. The maximum atomic E-state index is 9.83. The fraction of sp³-hybridized carbons (Fsp3) is 0.800. The molecule has 0 heterocycles. The molecule has 48 valence electrons. The van der Waals surface area contributed by atoms with Gasteiger partial charge >= 0.3 is 29.6 Å². The molecule has 0 aromatic heterocycles. The zero-order chi connectivity index (χ0) is 6.57. The molecule has 0 aromatic rings. The van der Waals surface area contributed by atoms with Gasteiger partial charge in [0.05, 0.1) is 0 Å². The first-order valence-electron chi connectivity index (χ1n) is 2.50. The van der Waals surface area contributed by atoms with Crippen molar-refractivity contribution in [3.05, 3.63) is 0 Å². The first-order valence-corrected chi connectivity index (χ1v) is 3.42. The van der Waals surface area contributed by atoms with Gasteiger partial charge in [0.25, 0.3) is 0 Å². The molecule has 4 heteroatoms. The van der Waals surface area contributed by atoms with Crippen LogP contribution in [0.2, 0.25) is 0 Å². The van der Waals surface area contributed by atoms with Crippen molar-refractivity contribution in [2.45, 2.75) is 24.6 Å². The number of halogens is 1. The Hall–Kier alpha value is 0.950. The van der Waals surface area contributed by atoms with Crippen LogP contribution in [0.1, 0.15) is 19.8 Å². The number of rotatable bonds is 3. The van der Waals surface area contributed by atoms with Gasteiger partial charge in [0.2, 0.25) is 0 Å². The molecule has 0 amide bonds. The third-order valence-electron chi connectivity index (χ3n) is 0.831. The molecule has 0 saturated carbocycles. The van der Waals surface area contributed by atoms with Gasteiger partial charge in [-0.05, 0) is 12.8 Å². The second kappa shape index (κ2) is 7.06. The number of carbonyl (C=O) groups excluding carboxylic acids is 1. The predicted octanol–water partition coefficient (Wildman–Crippen LogP) is -2.70. The van der Waals surface area contributed by atoms with Crippen molar-refractivity contribution < 1.29 is 39.5 Å². The van der Waals surface area contributed by atoms with Crippen LogP contribution in [-0.2, 0) is 4.79 Å². The number of hydrogen-bond acceptors (Lipinski definition) is 2. The monoisotopic (exact) mass is 202 g/mol. The van der Waals surface area contributed by atoms with E-state index < -0.39 is 5.97 Å². The van der Waals surface area contributed by atoms with E-state index in [-0.39, 0.29) is 40.8 Å². The van der Waals surface area contributed by atoms with Crippen molar-refractivity contribution >= 4 is 21.9 Å². The van der Waals surface area contributed by atoms with Gasteiger partial charge in [-0.1, -0.05) is 22.9 Å². The van der Waals surface area contributed by atoms with E-state index in [0.29, 0.717) is 0 Å². The van der Waals surface area contributed by atoms with Crippen LogP contribution in [0.15, 0.2) is 0 Å². The smallest absolute Gasteiger partial charge is 0.550 e. The van der Waals surface area contributed by atoms with Gasteiger partial charge in [-0.3, -0.25) is 0 Å². The molecule has 0 aliphatic rings. The third-order valence-corrected chi connectivity index (χ3v) is 1.80. The van der Waals surface area contributed by atoms with Crippen molar-refractivity contribution in [3.8, 4) is 0 Å². The summed E-state index contributed by atoms with van der Waals surface area (Å²) >= 11 is 3.16. The number of hydrogen-bond donors (Lipinski definition) is 0. The van der Waals surface area contributed by atoms with Crippen LogP contribution < -0.4 is 34.7 Å². The van der Waals surface area contributed by atoms with Crippen LogP contribution in [0, 0.1) is 0 Å². The fourth-order valence-corrected chi connectivity index (χ4v) is 0.590. The molecule has 0 bridgehead atoms. The molecule has 1 atom stereocenters. The molecule has 0 spiro atoms. The summed E-state index contributed by atoms with van der Waals surface area (Å²) in [5.74, 6) is -0.992. The van der Waals surface area contributed by atoms with E-state index >= 15 is 0 Å². The van der Waals surface area contributed by atoms with E-state index in [9.17, 15) is 9.90 Å². The molecular weight excluding hydrogens is 195 g/mol. The summed E-state index contributed by atoms with van der Waals surface area (Å²) in [5.41, 5.74) is 0. The van der Waals surface area contributed by atoms with Crippen molar-refractivity contribution in [1.82, 2.24) is 0 Å². The quantitative estimate of drug-likeness (QED) is 0.370. The molecule has 0 N–H and O–H groups in total. The summed E-state index contributed by atoms with van der Waals surface area (Å²) in [6, 6.07) is 0. The van der Waals surface area contributed by atoms with Gasteiger partial charge in [0, 0.05) is 10.8 Å². The topological polar surface area (TPSA) is 40.1 Å². The van der Waals surface area contributed by atoms with Gasteiger partial charge in [0.15, 0.2) is 0 Å². The number of alkyl halides is 1. The normalized spacial score (nSPS) is 11.8. The molecule has 9 heavy (non-hydrogen) atoms. The number of aliphatic carboxylic acids is 1. The first-order chi connectivity index (χ1) is 3.66. The Balaban J connectivity index is 0. The van der Waals surface area contributed by atoms with Crippen LogP contribution in [0.4, 0.5) is 0 Å². The summed E-state index contributed by atoms with van der Waals surface area (Å²) in [4.78, 5) is 9.90. The number of carboxylic acids is 1. The zero-order valence-corrected chi connectivity index (χ0v) is 9.27.